The van der Waals surface area contributed by atoms with Crippen LogP contribution in [-0.2, 0) is 12.3 Å². The van der Waals surface area contributed by atoms with E-state index >= 15 is 0 Å². The van der Waals surface area contributed by atoms with Crippen LogP contribution in [0.3, 0.4) is 0 Å². The van der Waals surface area contributed by atoms with E-state index in [2.05, 4.69) is 82.1 Å². The third-order valence-corrected chi connectivity index (χ3v) is 5.04. The molecule has 0 unspecified atom stereocenters. The Bertz CT molecular complexity index is 715. The molecule has 0 amide bonds. The highest BCUT2D eigenvalue weighted by Crippen LogP contribution is 2.32. The SMILES string of the molecule is CCn1cc(SCc2ccc(Br)cc2)c2ccccc21. The summed E-state index contributed by atoms with van der Waals surface area (Å²) in [7, 11) is 0. The van der Waals surface area contributed by atoms with Crippen molar-refractivity contribution >= 4 is 38.6 Å². The van der Waals surface area contributed by atoms with E-state index in [1.165, 1.54) is 21.4 Å². The van der Waals surface area contributed by atoms with E-state index in [-0.39, 0.29) is 0 Å². The Hall–Kier alpha value is -1.19. The Balaban J connectivity index is 1.85. The van der Waals surface area contributed by atoms with Crippen LogP contribution in [0.5, 0.6) is 0 Å². The van der Waals surface area contributed by atoms with Crippen molar-refractivity contribution in [2.45, 2.75) is 24.1 Å². The van der Waals surface area contributed by atoms with Crippen LogP contribution < -0.4 is 0 Å². The van der Waals surface area contributed by atoms with Crippen LogP contribution in [0.15, 0.2) is 64.1 Å². The first kappa shape index (κ1) is 13.8. The van der Waals surface area contributed by atoms with Gasteiger partial charge in [0.2, 0.25) is 0 Å². The molecule has 102 valence electrons. The first-order valence-corrected chi connectivity index (χ1v) is 8.51. The van der Waals surface area contributed by atoms with Gasteiger partial charge in [0, 0.05) is 38.8 Å². The molecule has 3 rings (SSSR count). The average molecular weight is 346 g/mol. The van der Waals surface area contributed by atoms with Crippen LogP contribution in [0.1, 0.15) is 12.5 Å². The Morgan fingerprint density at radius 1 is 1.05 bits per heavy atom. The van der Waals surface area contributed by atoms with Gasteiger partial charge in [-0.25, -0.2) is 0 Å². The Morgan fingerprint density at radius 2 is 1.80 bits per heavy atom. The lowest BCUT2D eigenvalue weighted by molar-refractivity contribution is 0.792. The molecule has 2 aromatic carbocycles. The standard InChI is InChI=1S/C17H16BrNS/c1-2-19-11-17(15-5-3-4-6-16(15)19)20-12-13-7-9-14(18)10-8-13/h3-11H,2,12H2,1H3. The zero-order valence-corrected chi connectivity index (χ0v) is 13.7. The summed E-state index contributed by atoms with van der Waals surface area (Å²) < 4.78 is 3.45. The first-order valence-electron chi connectivity index (χ1n) is 6.73. The van der Waals surface area contributed by atoms with Gasteiger partial charge in [0.25, 0.3) is 0 Å². The fourth-order valence-corrected chi connectivity index (χ4v) is 3.64. The summed E-state index contributed by atoms with van der Waals surface area (Å²) in [6.07, 6.45) is 2.27. The second kappa shape index (κ2) is 6.06. The number of hydrogen-bond donors (Lipinski definition) is 0. The quantitative estimate of drug-likeness (QED) is 0.547. The minimum absolute atomic E-state index is 1.00. The van der Waals surface area contributed by atoms with Gasteiger partial charge in [-0.2, -0.15) is 0 Å². The minimum Gasteiger partial charge on any atom is -0.347 e. The van der Waals surface area contributed by atoms with Gasteiger partial charge in [-0.15, -0.1) is 11.8 Å². The summed E-state index contributed by atoms with van der Waals surface area (Å²) in [5.41, 5.74) is 2.68. The van der Waals surface area contributed by atoms with E-state index in [1.807, 2.05) is 11.8 Å². The van der Waals surface area contributed by atoms with Crippen LogP contribution >= 0.6 is 27.7 Å². The number of halogens is 1. The van der Waals surface area contributed by atoms with Crippen LogP contribution in [0.4, 0.5) is 0 Å². The molecule has 3 heteroatoms. The third kappa shape index (κ3) is 2.79. The fourth-order valence-electron chi connectivity index (χ4n) is 2.33. The number of rotatable bonds is 4. The number of para-hydroxylation sites is 1. The smallest absolute Gasteiger partial charge is 0.0491 e. The topological polar surface area (TPSA) is 4.93 Å². The van der Waals surface area contributed by atoms with E-state index < -0.39 is 0 Å². The highest BCUT2D eigenvalue weighted by atomic mass is 79.9. The molecule has 1 heterocycles. The predicted molar refractivity (Wildman–Crippen MR) is 91.3 cm³/mol. The highest BCUT2D eigenvalue weighted by molar-refractivity contribution is 9.10. The van der Waals surface area contributed by atoms with Crippen LogP contribution in [0, 0.1) is 0 Å². The number of fused-ring (bicyclic) bond motifs is 1. The lowest BCUT2D eigenvalue weighted by Crippen LogP contribution is -1.89. The van der Waals surface area contributed by atoms with Crippen molar-refractivity contribution in [3.63, 3.8) is 0 Å². The Morgan fingerprint density at radius 3 is 2.55 bits per heavy atom. The lowest BCUT2D eigenvalue weighted by atomic mass is 10.2. The fraction of sp³-hybridized carbons (Fsp3) is 0.176. The summed E-state index contributed by atoms with van der Waals surface area (Å²) in [6.45, 7) is 3.20. The summed E-state index contributed by atoms with van der Waals surface area (Å²) in [4.78, 5) is 1.37. The molecule has 0 aliphatic rings. The molecule has 0 N–H and O–H groups in total. The summed E-state index contributed by atoms with van der Waals surface area (Å²) in [6, 6.07) is 17.2. The number of aromatic nitrogens is 1. The molecule has 0 spiro atoms. The van der Waals surface area contributed by atoms with E-state index in [9.17, 15) is 0 Å². The zero-order chi connectivity index (χ0) is 13.9. The summed E-state index contributed by atoms with van der Waals surface area (Å²) in [5.74, 6) is 1.00. The molecule has 0 aliphatic carbocycles. The second-order valence-corrected chi connectivity index (χ2v) is 6.64. The van der Waals surface area contributed by atoms with Gasteiger partial charge in [-0.3, -0.25) is 0 Å². The number of thioether (sulfide) groups is 1. The summed E-state index contributed by atoms with van der Waals surface area (Å²) in [5, 5.41) is 1.36. The van der Waals surface area contributed by atoms with Crippen molar-refractivity contribution in [1.82, 2.24) is 4.57 Å². The number of nitrogens with zero attached hydrogens (tertiary/aromatic N) is 1. The van der Waals surface area contributed by atoms with E-state index in [0.29, 0.717) is 0 Å². The Labute approximate surface area is 132 Å². The molecule has 1 aromatic heterocycles. The molecule has 0 saturated heterocycles. The van der Waals surface area contributed by atoms with E-state index in [1.54, 1.807) is 0 Å². The van der Waals surface area contributed by atoms with E-state index in [0.717, 1.165) is 16.8 Å². The van der Waals surface area contributed by atoms with Crippen molar-refractivity contribution in [3.8, 4) is 0 Å². The molecular formula is C17H16BrNS. The monoisotopic (exact) mass is 345 g/mol. The molecule has 0 atom stereocenters. The number of aryl methyl sites for hydroxylation is 1. The van der Waals surface area contributed by atoms with Crippen molar-refractivity contribution in [3.05, 3.63) is 64.8 Å². The molecule has 0 aliphatic heterocycles. The normalized spacial score (nSPS) is 11.1. The molecule has 0 saturated carbocycles. The minimum atomic E-state index is 1.00. The maximum atomic E-state index is 3.48. The van der Waals surface area contributed by atoms with Crippen molar-refractivity contribution in [2.75, 3.05) is 0 Å². The van der Waals surface area contributed by atoms with Crippen LogP contribution in [0.25, 0.3) is 10.9 Å². The number of benzene rings is 2. The van der Waals surface area contributed by atoms with E-state index in [4.69, 9.17) is 0 Å². The molecule has 0 bridgehead atoms. The molecule has 3 aromatic rings. The molecule has 0 radical (unpaired) electrons. The highest BCUT2D eigenvalue weighted by Gasteiger charge is 2.07. The first-order chi connectivity index (χ1) is 9.78. The average Bonchev–Trinajstić information content (AvgIpc) is 2.85. The zero-order valence-electron chi connectivity index (χ0n) is 11.3. The van der Waals surface area contributed by atoms with Gasteiger partial charge >= 0.3 is 0 Å². The number of hydrogen-bond acceptors (Lipinski definition) is 1. The Kier molecular flexibility index (Phi) is 4.18. The van der Waals surface area contributed by atoms with Gasteiger partial charge in [-0.1, -0.05) is 46.3 Å². The van der Waals surface area contributed by atoms with Gasteiger partial charge in [0.1, 0.15) is 0 Å². The van der Waals surface area contributed by atoms with Crippen molar-refractivity contribution in [2.24, 2.45) is 0 Å². The third-order valence-electron chi connectivity index (χ3n) is 3.40. The largest absolute Gasteiger partial charge is 0.347 e. The molecule has 1 nitrogen and oxygen atoms in total. The van der Waals surface area contributed by atoms with Crippen molar-refractivity contribution in [1.29, 1.82) is 0 Å². The lowest BCUT2D eigenvalue weighted by Gasteiger charge is -2.01. The molecule has 0 fully saturated rings. The second-order valence-electron chi connectivity index (χ2n) is 4.71. The van der Waals surface area contributed by atoms with Gasteiger partial charge in [0.15, 0.2) is 0 Å². The molecule has 20 heavy (non-hydrogen) atoms. The predicted octanol–water partition coefficient (Wildman–Crippen LogP) is 5.72. The molecular weight excluding hydrogens is 330 g/mol. The van der Waals surface area contributed by atoms with Gasteiger partial charge < -0.3 is 4.57 Å². The maximum absolute atomic E-state index is 3.48. The van der Waals surface area contributed by atoms with Crippen LogP contribution in [-0.4, -0.2) is 4.57 Å². The van der Waals surface area contributed by atoms with Crippen molar-refractivity contribution < 1.29 is 0 Å². The maximum Gasteiger partial charge on any atom is 0.0491 e. The van der Waals surface area contributed by atoms with Gasteiger partial charge in [-0.05, 0) is 30.7 Å². The van der Waals surface area contributed by atoms with Crippen LogP contribution in [0.2, 0.25) is 0 Å². The summed E-state index contributed by atoms with van der Waals surface area (Å²) >= 11 is 5.39. The van der Waals surface area contributed by atoms with Gasteiger partial charge in [0.05, 0.1) is 0 Å².